The fourth-order valence-electron chi connectivity index (χ4n) is 1.33. The summed E-state index contributed by atoms with van der Waals surface area (Å²) in [5.41, 5.74) is 6.36. The highest BCUT2D eigenvalue weighted by atomic mass is 32.1. The molecule has 3 N–H and O–H groups in total. The first-order chi connectivity index (χ1) is 8.97. The molecule has 0 fully saturated rings. The Labute approximate surface area is 113 Å². The maximum atomic E-state index is 13.4. The second kappa shape index (κ2) is 5.41. The summed E-state index contributed by atoms with van der Waals surface area (Å²) in [5, 5.41) is 4.84. The average molecular weight is 280 g/mol. The van der Waals surface area contributed by atoms with Crippen molar-refractivity contribution in [3.05, 3.63) is 29.2 Å². The molecule has 0 bridgehead atoms. The van der Waals surface area contributed by atoms with Crippen molar-refractivity contribution in [2.75, 3.05) is 5.32 Å². The van der Waals surface area contributed by atoms with Crippen molar-refractivity contribution >= 4 is 23.1 Å². The molecule has 1 atom stereocenters. The number of anilines is 1. The van der Waals surface area contributed by atoms with Crippen molar-refractivity contribution in [1.82, 2.24) is 9.97 Å². The SMILES string of the molecule is Cc1ncc(-c2nc(NC(=O)[C@H](C)N)cs2)cc1F. The Morgan fingerprint density at radius 3 is 2.95 bits per heavy atom. The summed E-state index contributed by atoms with van der Waals surface area (Å²) in [6.07, 6.45) is 1.55. The summed E-state index contributed by atoms with van der Waals surface area (Å²) in [5.74, 6) is -0.290. The zero-order valence-electron chi connectivity index (χ0n) is 10.5. The molecule has 0 saturated heterocycles. The lowest BCUT2D eigenvalue weighted by molar-refractivity contribution is -0.117. The van der Waals surface area contributed by atoms with E-state index in [9.17, 15) is 9.18 Å². The number of nitrogens with one attached hydrogen (secondary N) is 1. The van der Waals surface area contributed by atoms with Gasteiger partial charge in [0.2, 0.25) is 5.91 Å². The Balaban J connectivity index is 2.21. The second-order valence-corrected chi connectivity index (χ2v) is 4.97. The highest BCUT2D eigenvalue weighted by Crippen LogP contribution is 2.26. The van der Waals surface area contributed by atoms with Crippen LogP contribution in [0.15, 0.2) is 17.6 Å². The summed E-state index contributed by atoms with van der Waals surface area (Å²) >= 11 is 1.30. The monoisotopic (exact) mass is 280 g/mol. The highest BCUT2D eigenvalue weighted by Gasteiger charge is 2.12. The third-order valence-electron chi connectivity index (χ3n) is 2.44. The molecule has 1 amide bonds. The van der Waals surface area contributed by atoms with Gasteiger partial charge in [-0.25, -0.2) is 9.37 Å². The number of amides is 1. The fraction of sp³-hybridized carbons (Fsp3) is 0.250. The lowest BCUT2D eigenvalue weighted by Crippen LogP contribution is -2.32. The first-order valence-corrected chi connectivity index (χ1v) is 6.50. The van der Waals surface area contributed by atoms with Crippen LogP contribution in [0.5, 0.6) is 0 Å². The number of pyridine rings is 1. The topological polar surface area (TPSA) is 80.9 Å². The Hall–Kier alpha value is -1.86. The first-order valence-electron chi connectivity index (χ1n) is 5.62. The van der Waals surface area contributed by atoms with Crippen LogP contribution in [0.3, 0.4) is 0 Å². The molecule has 0 spiro atoms. The van der Waals surface area contributed by atoms with Crippen LogP contribution in [0.4, 0.5) is 10.2 Å². The number of hydrogen-bond acceptors (Lipinski definition) is 5. The van der Waals surface area contributed by atoms with Crippen molar-refractivity contribution in [3.8, 4) is 10.6 Å². The minimum absolute atomic E-state index is 0.315. The van der Waals surface area contributed by atoms with Crippen molar-refractivity contribution in [1.29, 1.82) is 0 Å². The molecular weight excluding hydrogens is 267 g/mol. The van der Waals surface area contributed by atoms with Crippen molar-refractivity contribution in [2.45, 2.75) is 19.9 Å². The molecule has 2 heterocycles. The quantitative estimate of drug-likeness (QED) is 0.900. The number of carbonyl (C=O) groups excluding carboxylic acids is 1. The maximum Gasteiger partial charge on any atom is 0.242 e. The van der Waals surface area contributed by atoms with Gasteiger partial charge in [-0.15, -0.1) is 11.3 Å². The lowest BCUT2D eigenvalue weighted by atomic mass is 10.2. The molecule has 0 unspecified atom stereocenters. The van der Waals surface area contributed by atoms with Crippen LogP contribution in [0.2, 0.25) is 0 Å². The summed E-state index contributed by atoms with van der Waals surface area (Å²) < 4.78 is 13.4. The van der Waals surface area contributed by atoms with Gasteiger partial charge in [-0.2, -0.15) is 0 Å². The smallest absolute Gasteiger partial charge is 0.242 e. The Kier molecular flexibility index (Phi) is 3.87. The van der Waals surface area contributed by atoms with E-state index >= 15 is 0 Å². The Bertz CT molecular complexity index is 612. The van der Waals surface area contributed by atoms with Crippen molar-refractivity contribution in [2.24, 2.45) is 5.73 Å². The van der Waals surface area contributed by atoms with E-state index in [0.717, 1.165) is 0 Å². The predicted molar refractivity (Wildman–Crippen MR) is 72.3 cm³/mol. The van der Waals surface area contributed by atoms with Crippen molar-refractivity contribution < 1.29 is 9.18 Å². The largest absolute Gasteiger partial charge is 0.320 e. The lowest BCUT2D eigenvalue weighted by Gasteiger charge is -2.03. The van der Waals surface area contributed by atoms with Crippen LogP contribution in [-0.2, 0) is 4.79 Å². The molecule has 7 heteroatoms. The highest BCUT2D eigenvalue weighted by molar-refractivity contribution is 7.13. The minimum Gasteiger partial charge on any atom is -0.320 e. The van der Waals surface area contributed by atoms with Gasteiger partial charge in [0.15, 0.2) is 0 Å². The molecule has 5 nitrogen and oxygen atoms in total. The van der Waals surface area contributed by atoms with Gasteiger partial charge in [0.25, 0.3) is 0 Å². The number of aryl methyl sites for hydroxylation is 1. The Morgan fingerprint density at radius 2 is 2.32 bits per heavy atom. The van der Waals surface area contributed by atoms with E-state index in [1.807, 2.05) is 0 Å². The maximum absolute atomic E-state index is 13.4. The van der Waals surface area contributed by atoms with E-state index in [1.165, 1.54) is 17.4 Å². The van der Waals surface area contributed by atoms with Gasteiger partial charge in [0, 0.05) is 17.1 Å². The zero-order chi connectivity index (χ0) is 14.0. The molecule has 19 heavy (non-hydrogen) atoms. The van der Waals surface area contributed by atoms with Crippen LogP contribution < -0.4 is 11.1 Å². The molecule has 2 aromatic heterocycles. The normalized spacial score (nSPS) is 12.2. The minimum atomic E-state index is -0.608. The number of rotatable bonds is 3. The standard InChI is InChI=1S/C12H13FN4OS/c1-6(14)11(18)16-10-5-19-12(17-10)8-3-9(13)7(2)15-4-8/h3-6H,14H2,1-2H3,(H,16,18)/t6-/m0/s1. The molecule has 0 aliphatic rings. The van der Waals surface area contributed by atoms with Crippen LogP contribution in [0.1, 0.15) is 12.6 Å². The van der Waals surface area contributed by atoms with Gasteiger partial charge in [-0.1, -0.05) is 0 Å². The van der Waals surface area contributed by atoms with E-state index < -0.39 is 6.04 Å². The third kappa shape index (κ3) is 3.12. The van der Waals surface area contributed by atoms with Gasteiger partial charge in [0.1, 0.15) is 16.6 Å². The molecule has 0 aliphatic carbocycles. The van der Waals surface area contributed by atoms with Gasteiger partial charge in [-0.3, -0.25) is 9.78 Å². The fourth-order valence-corrected chi connectivity index (χ4v) is 2.06. The van der Waals surface area contributed by atoms with Crippen LogP contribution >= 0.6 is 11.3 Å². The predicted octanol–water partition coefficient (Wildman–Crippen LogP) is 1.94. The molecule has 0 aromatic carbocycles. The first kappa shape index (κ1) is 13.6. The second-order valence-electron chi connectivity index (χ2n) is 4.11. The number of hydrogen-bond donors (Lipinski definition) is 2. The summed E-state index contributed by atoms with van der Waals surface area (Å²) in [6, 6.07) is 0.766. The molecule has 0 saturated carbocycles. The van der Waals surface area contributed by atoms with Gasteiger partial charge in [-0.05, 0) is 19.9 Å². The van der Waals surface area contributed by atoms with Crippen LogP contribution in [0.25, 0.3) is 10.6 Å². The summed E-state index contributed by atoms with van der Waals surface area (Å²) in [7, 11) is 0. The molecule has 100 valence electrons. The van der Waals surface area contributed by atoms with Gasteiger partial charge in [0.05, 0.1) is 11.7 Å². The van der Waals surface area contributed by atoms with E-state index in [1.54, 1.807) is 25.4 Å². The summed E-state index contributed by atoms with van der Waals surface area (Å²) in [6.45, 7) is 3.18. The number of aromatic nitrogens is 2. The molecular formula is C12H13FN4OS. The molecule has 0 radical (unpaired) electrons. The average Bonchev–Trinajstić information content (AvgIpc) is 2.81. The molecule has 2 rings (SSSR count). The van der Waals surface area contributed by atoms with E-state index in [0.29, 0.717) is 22.1 Å². The number of thiazole rings is 1. The van der Waals surface area contributed by atoms with Crippen molar-refractivity contribution in [3.63, 3.8) is 0 Å². The number of nitrogens with two attached hydrogens (primary N) is 1. The number of halogens is 1. The Morgan fingerprint density at radius 1 is 1.58 bits per heavy atom. The molecule has 2 aromatic rings. The number of carbonyl (C=O) groups is 1. The van der Waals surface area contributed by atoms with Crippen LogP contribution in [0, 0.1) is 12.7 Å². The third-order valence-corrected chi connectivity index (χ3v) is 3.33. The summed E-state index contributed by atoms with van der Waals surface area (Å²) in [4.78, 5) is 19.5. The van der Waals surface area contributed by atoms with E-state index in [2.05, 4.69) is 15.3 Å². The molecule has 0 aliphatic heterocycles. The van der Waals surface area contributed by atoms with Gasteiger partial charge < -0.3 is 11.1 Å². The van der Waals surface area contributed by atoms with E-state index in [-0.39, 0.29) is 11.7 Å². The van der Waals surface area contributed by atoms with Crippen LogP contribution in [-0.4, -0.2) is 21.9 Å². The van der Waals surface area contributed by atoms with E-state index in [4.69, 9.17) is 5.73 Å². The van der Waals surface area contributed by atoms with Gasteiger partial charge >= 0.3 is 0 Å². The number of nitrogens with zero attached hydrogens (tertiary/aromatic N) is 2. The zero-order valence-corrected chi connectivity index (χ0v) is 11.3.